The largest absolute Gasteiger partial charge is 0.352 e. The summed E-state index contributed by atoms with van der Waals surface area (Å²) in [5.41, 5.74) is 8.00. The van der Waals surface area contributed by atoms with Crippen LogP contribution >= 0.6 is 0 Å². The number of hydrogen-bond acceptors (Lipinski definition) is 5. The molecule has 1 aromatic rings. The lowest BCUT2D eigenvalue weighted by Gasteiger charge is -2.33. The van der Waals surface area contributed by atoms with Crippen molar-refractivity contribution in [2.45, 2.75) is 76.0 Å². The molecule has 0 spiro atoms. The molecule has 0 bridgehead atoms. The van der Waals surface area contributed by atoms with Crippen molar-refractivity contribution in [1.29, 1.82) is 0 Å². The fraction of sp³-hybridized carbons (Fsp3) is 0.714. The molecule has 148 valence electrons. The number of rotatable bonds is 6. The van der Waals surface area contributed by atoms with E-state index in [4.69, 9.17) is 0 Å². The number of fused-ring (bicyclic) bond motifs is 1. The number of nitrogens with zero attached hydrogens (tertiary/aromatic N) is 2. The molecule has 6 nitrogen and oxygen atoms in total. The number of carbonyl (C=O) groups is 1. The average molecular weight is 372 g/mol. The standard InChI is InChI=1S/C21H33N5O/c27-21(11-10-20-18-8-1-2-9-19(18)24-25-20)23-17-7-5-13-26(15-17)14-16-6-3-4-12-22-16/h3-4,6,12,17-20,24-25H,1-2,5,7-11,13-15H2,(H,23,27). The average Bonchev–Trinajstić information content (AvgIpc) is 3.11. The lowest BCUT2D eigenvalue weighted by atomic mass is 9.80. The molecule has 1 amide bonds. The maximum Gasteiger partial charge on any atom is 0.220 e. The molecular weight excluding hydrogens is 338 g/mol. The van der Waals surface area contributed by atoms with Gasteiger partial charge in [0.1, 0.15) is 0 Å². The van der Waals surface area contributed by atoms with E-state index in [-0.39, 0.29) is 11.9 Å². The van der Waals surface area contributed by atoms with Gasteiger partial charge in [0, 0.05) is 43.8 Å². The molecule has 0 radical (unpaired) electrons. The second kappa shape index (κ2) is 9.13. The molecule has 6 heteroatoms. The molecule has 1 aromatic heterocycles. The Morgan fingerprint density at radius 2 is 2.11 bits per heavy atom. The van der Waals surface area contributed by atoms with Crippen molar-refractivity contribution in [2.24, 2.45) is 5.92 Å². The summed E-state index contributed by atoms with van der Waals surface area (Å²) in [4.78, 5) is 19.3. The van der Waals surface area contributed by atoms with Crippen molar-refractivity contribution in [2.75, 3.05) is 13.1 Å². The van der Waals surface area contributed by atoms with Crippen LogP contribution in [0.15, 0.2) is 24.4 Å². The highest BCUT2D eigenvalue weighted by Crippen LogP contribution is 2.31. The number of likely N-dealkylation sites (tertiary alicyclic amines) is 1. The van der Waals surface area contributed by atoms with Crippen LogP contribution in [0.3, 0.4) is 0 Å². The molecule has 3 aliphatic rings. The molecule has 1 aliphatic carbocycles. The molecule has 4 atom stereocenters. The van der Waals surface area contributed by atoms with Crippen LogP contribution in [0.25, 0.3) is 0 Å². The predicted octanol–water partition coefficient (Wildman–Crippen LogP) is 1.98. The molecule has 3 fully saturated rings. The van der Waals surface area contributed by atoms with Crippen molar-refractivity contribution in [3.05, 3.63) is 30.1 Å². The van der Waals surface area contributed by atoms with Gasteiger partial charge in [-0.05, 0) is 56.7 Å². The molecule has 2 aliphatic heterocycles. The van der Waals surface area contributed by atoms with Gasteiger partial charge < -0.3 is 5.32 Å². The number of carbonyl (C=O) groups excluding carboxylic acids is 1. The van der Waals surface area contributed by atoms with Gasteiger partial charge in [-0.15, -0.1) is 0 Å². The third-order valence-electron chi connectivity index (χ3n) is 6.46. The SMILES string of the molecule is O=C(CCC1NNC2CCCCC21)NC1CCCN(Cc2ccccn2)C1. The van der Waals surface area contributed by atoms with E-state index in [1.54, 1.807) is 0 Å². The Labute approximate surface area is 162 Å². The number of nitrogens with one attached hydrogen (secondary N) is 3. The van der Waals surface area contributed by atoms with E-state index >= 15 is 0 Å². The van der Waals surface area contributed by atoms with Gasteiger partial charge in [-0.25, -0.2) is 0 Å². The first-order chi connectivity index (χ1) is 13.3. The molecule has 1 saturated carbocycles. The molecule has 2 saturated heterocycles. The molecule has 4 rings (SSSR count). The fourth-order valence-electron chi connectivity index (χ4n) is 5.05. The normalized spacial score (nSPS) is 31.4. The summed E-state index contributed by atoms with van der Waals surface area (Å²) in [5.74, 6) is 0.913. The lowest BCUT2D eigenvalue weighted by Crippen LogP contribution is -2.47. The first kappa shape index (κ1) is 18.8. The third kappa shape index (κ3) is 5.06. The number of pyridine rings is 1. The zero-order valence-electron chi connectivity index (χ0n) is 16.2. The van der Waals surface area contributed by atoms with Crippen LogP contribution < -0.4 is 16.2 Å². The van der Waals surface area contributed by atoms with Crippen LogP contribution in [0.4, 0.5) is 0 Å². The van der Waals surface area contributed by atoms with Crippen LogP contribution in [-0.4, -0.2) is 47.0 Å². The van der Waals surface area contributed by atoms with Crippen molar-refractivity contribution in [3.8, 4) is 0 Å². The van der Waals surface area contributed by atoms with Crippen LogP contribution in [0.1, 0.15) is 57.1 Å². The summed E-state index contributed by atoms with van der Waals surface area (Å²) >= 11 is 0. The Hall–Kier alpha value is -1.50. The minimum atomic E-state index is 0.209. The predicted molar refractivity (Wildman–Crippen MR) is 106 cm³/mol. The Kier molecular flexibility index (Phi) is 6.37. The summed E-state index contributed by atoms with van der Waals surface area (Å²) in [6.07, 6.45) is 10.9. The number of aromatic nitrogens is 1. The second-order valence-electron chi connectivity index (χ2n) is 8.45. The van der Waals surface area contributed by atoms with E-state index in [1.165, 1.54) is 25.7 Å². The van der Waals surface area contributed by atoms with Gasteiger partial charge in [-0.1, -0.05) is 18.9 Å². The Balaban J connectivity index is 1.20. The highest BCUT2D eigenvalue weighted by Gasteiger charge is 2.37. The number of hydrazine groups is 1. The van der Waals surface area contributed by atoms with Gasteiger partial charge in [0.2, 0.25) is 5.91 Å². The molecule has 27 heavy (non-hydrogen) atoms. The Bertz CT molecular complexity index is 610. The first-order valence-corrected chi connectivity index (χ1v) is 10.7. The summed E-state index contributed by atoms with van der Waals surface area (Å²) in [6, 6.07) is 7.40. The third-order valence-corrected chi connectivity index (χ3v) is 6.46. The van der Waals surface area contributed by atoms with Gasteiger partial charge in [0.15, 0.2) is 0 Å². The first-order valence-electron chi connectivity index (χ1n) is 10.7. The summed E-state index contributed by atoms with van der Waals surface area (Å²) < 4.78 is 0. The van der Waals surface area contributed by atoms with Crippen molar-refractivity contribution >= 4 is 5.91 Å². The van der Waals surface area contributed by atoms with Gasteiger partial charge in [0.05, 0.1) is 5.69 Å². The van der Waals surface area contributed by atoms with Crippen molar-refractivity contribution in [1.82, 2.24) is 26.1 Å². The topological polar surface area (TPSA) is 69.3 Å². The smallest absolute Gasteiger partial charge is 0.220 e. The quantitative estimate of drug-likeness (QED) is 0.713. The second-order valence-corrected chi connectivity index (χ2v) is 8.45. The highest BCUT2D eigenvalue weighted by molar-refractivity contribution is 5.76. The van der Waals surface area contributed by atoms with E-state index in [0.717, 1.165) is 44.6 Å². The van der Waals surface area contributed by atoms with E-state index in [9.17, 15) is 4.79 Å². The van der Waals surface area contributed by atoms with E-state index in [1.807, 2.05) is 18.3 Å². The van der Waals surface area contributed by atoms with Gasteiger partial charge in [-0.3, -0.25) is 25.5 Å². The summed E-state index contributed by atoms with van der Waals surface area (Å²) in [7, 11) is 0. The van der Waals surface area contributed by atoms with Crippen molar-refractivity contribution in [3.63, 3.8) is 0 Å². The minimum absolute atomic E-state index is 0.209. The number of piperidine rings is 1. The van der Waals surface area contributed by atoms with E-state index < -0.39 is 0 Å². The fourth-order valence-corrected chi connectivity index (χ4v) is 5.05. The van der Waals surface area contributed by atoms with Crippen LogP contribution in [0.2, 0.25) is 0 Å². The summed E-state index contributed by atoms with van der Waals surface area (Å²) in [6.45, 7) is 2.88. The van der Waals surface area contributed by atoms with Gasteiger partial charge in [0.25, 0.3) is 0 Å². The van der Waals surface area contributed by atoms with Gasteiger partial charge in [-0.2, -0.15) is 0 Å². The van der Waals surface area contributed by atoms with E-state index in [2.05, 4.69) is 32.1 Å². The monoisotopic (exact) mass is 371 g/mol. The summed E-state index contributed by atoms with van der Waals surface area (Å²) in [5, 5.41) is 3.28. The lowest BCUT2D eigenvalue weighted by molar-refractivity contribution is -0.122. The van der Waals surface area contributed by atoms with Crippen molar-refractivity contribution < 1.29 is 4.79 Å². The zero-order valence-corrected chi connectivity index (χ0v) is 16.2. The van der Waals surface area contributed by atoms with Gasteiger partial charge >= 0.3 is 0 Å². The molecular formula is C21H33N5O. The van der Waals surface area contributed by atoms with E-state index in [0.29, 0.717) is 24.4 Å². The molecule has 3 heterocycles. The Morgan fingerprint density at radius 3 is 3.00 bits per heavy atom. The number of hydrogen-bond donors (Lipinski definition) is 3. The minimum Gasteiger partial charge on any atom is -0.352 e. The molecule has 0 aromatic carbocycles. The molecule has 4 unspecified atom stereocenters. The number of amides is 1. The van der Waals surface area contributed by atoms with Crippen LogP contribution in [-0.2, 0) is 11.3 Å². The zero-order chi connectivity index (χ0) is 18.5. The Morgan fingerprint density at radius 1 is 1.19 bits per heavy atom. The highest BCUT2D eigenvalue weighted by atomic mass is 16.1. The maximum absolute atomic E-state index is 12.5. The maximum atomic E-state index is 12.5. The van der Waals surface area contributed by atoms with Crippen LogP contribution in [0, 0.1) is 5.92 Å². The molecule has 3 N–H and O–H groups in total. The van der Waals surface area contributed by atoms with Crippen LogP contribution in [0.5, 0.6) is 0 Å².